The van der Waals surface area contributed by atoms with Crippen molar-refractivity contribution in [1.29, 1.82) is 0 Å². The molecule has 0 radical (unpaired) electrons. The van der Waals surface area contributed by atoms with Gasteiger partial charge in [-0.25, -0.2) is 0 Å². The molecule has 0 aromatic heterocycles. The Kier molecular flexibility index (Phi) is 123. The van der Waals surface area contributed by atoms with Crippen molar-refractivity contribution in [3.8, 4) is 0 Å². The first kappa shape index (κ1) is 93.9. The molecule has 0 saturated carbocycles. The molecule has 0 spiro atoms. The van der Waals surface area contributed by atoms with Crippen molar-refractivity contribution in [2.75, 3.05) is 0 Å². The van der Waals surface area contributed by atoms with Gasteiger partial charge in [-0.2, -0.15) is 46.3 Å². The zero-order chi connectivity index (χ0) is 26.4. The van der Waals surface area contributed by atoms with Crippen LogP contribution in [0.4, 0.5) is 0 Å². The Morgan fingerprint density at radius 1 is 0.217 bits per heavy atom. The first-order chi connectivity index (χ1) is 15.7. The predicted molar refractivity (Wildman–Crippen MR) is 191 cm³/mol. The molecule has 0 saturated heterocycles. The molecule has 0 aromatic carbocycles. The fraction of sp³-hybridized carbons (Fsp3) is 0. The van der Waals surface area contributed by atoms with E-state index in [9.17, 15) is 46.3 Å². The van der Waals surface area contributed by atoms with Crippen molar-refractivity contribution in [2.24, 2.45) is 0 Å². The van der Waals surface area contributed by atoms with Crippen LogP contribution in [0, 0.1) is 0 Å². The topological polar surface area (TPSA) is 321 Å². The summed E-state index contributed by atoms with van der Waals surface area (Å²) in [5.41, 5.74) is 0. The van der Waals surface area contributed by atoms with Gasteiger partial charge in [0.15, 0.2) is 0 Å². The zero-order valence-electron chi connectivity index (χ0n) is 14.0. The summed E-state index contributed by atoms with van der Waals surface area (Å²) in [6.45, 7) is 0. The van der Waals surface area contributed by atoms with Crippen LogP contribution in [-0.2, 0) is 161 Å². The molecular weight excluding hydrogens is 997 g/mol. The standard InChI is InChI=1S/12Na.H2O23S11.12H/c;;;;;;;;;;;;1-24(2)14-26(5)16-28(7)18-30(9)20-32(11)22-34(13)23-33(12)21-31(10)19-29(8)17-27(6)15-25(3)4;;;;;;;;;;;;/h;;;;;;;;;;;;(H,1,2)(H,3,4);;;;;;;;;;;;. The van der Waals surface area contributed by atoms with E-state index in [0.29, 0.717) is 0 Å². The molecule has 0 aromatic rings. The molecule has 10 unspecified atom stereocenters. The molecule has 46 heteroatoms. The van der Waals surface area contributed by atoms with E-state index in [0.717, 1.165) is 0 Å². The summed E-state index contributed by atoms with van der Waals surface area (Å²) in [6, 6.07) is 0. The Hall–Kier alpha value is 13.2. The molecule has 46 heavy (non-hydrogen) atoms. The minimum absolute atomic E-state index is 0. The Balaban J connectivity index is -0.0000000825. The van der Waals surface area contributed by atoms with Crippen molar-refractivity contribution < 1.29 is 91.7 Å². The van der Waals surface area contributed by atoms with Crippen LogP contribution in [0.3, 0.4) is 0 Å². The molecule has 0 aliphatic heterocycles. The second kappa shape index (κ2) is 60.3. The van der Waals surface area contributed by atoms with Crippen LogP contribution in [0.2, 0.25) is 0 Å². The summed E-state index contributed by atoms with van der Waals surface area (Å²) < 4.78 is 173. The third kappa shape index (κ3) is 63.8. The van der Waals surface area contributed by atoms with Gasteiger partial charge in [-0.3, -0.25) is 9.11 Å². The predicted octanol–water partition coefficient (Wildman–Crippen LogP) is -12.1. The molecule has 0 amide bonds. The Morgan fingerprint density at radius 3 is 0.391 bits per heavy atom. The van der Waals surface area contributed by atoms with E-state index < -0.39 is 125 Å². The average molecular weight is 1010 g/mol. The molecule has 0 bridgehead atoms. The second-order valence-corrected chi connectivity index (χ2v) is 12.9. The quantitative estimate of drug-likeness (QED) is 0.0845. The van der Waals surface area contributed by atoms with E-state index in [2.05, 4.69) is 36.3 Å². The molecular formula is H14Na12O23S11. The monoisotopic (exact) mass is 1010 g/mol. The van der Waals surface area contributed by atoms with Crippen LogP contribution in [0.1, 0.15) is 0 Å². The van der Waals surface area contributed by atoms with Crippen molar-refractivity contribution in [1.82, 2.24) is 0 Å². The molecule has 0 fully saturated rings. The van der Waals surface area contributed by atoms with Crippen LogP contribution in [-0.4, -0.2) is 410 Å². The number of hydrogen-bond donors (Lipinski definition) is 2. The third-order valence-corrected chi connectivity index (χ3v) is 10.0. The van der Waals surface area contributed by atoms with Crippen molar-refractivity contribution in [3.63, 3.8) is 0 Å². The van der Waals surface area contributed by atoms with Gasteiger partial charge in [0.1, 0.15) is 0 Å². The van der Waals surface area contributed by atoms with Gasteiger partial charge in [0.05, 0.1) is 0 Å². The van der Waals surface area contributed by atoms with E-state index in [4.69, 9.17) is 9.11 Å². The van der Waals surface area contributed by atoms with Gasteiger partial charge in [-0.05, 0) is 0 Å². The molecule has 10 atom stereocenters. The normalized spacial score (nSPS) is 16.1. The molecule has 0 rings (SSSR count). The van der Waals surface area contributed by atoms with Crippen LogP contribution in [0.5, 0.6) is 0 Å². The van der Waals surface area contributed by atoms with Gasteiger partial charge in [-0.15, -0.1) is 36.3 Å². The van der Waals surface area contributed by atoms with Crippen LogP contribution >= 0.6 is 0 Å². The van der Waals surface area contributed by atoms with Crippen molar-refractivity contribution >= 4 is 480 Å². The maximum atomic E-state index is 11.2. The second-order valence-electron chi connectivity index (χ2n) is 2.95. The molecule has 2 N–H and O–H groups in total. The van der Waals surface area contributed by atoms with Gasteiger partial charge < -0.3 is 0 Å². The molecule has 0 heterocycles. The first-order valence-corrected chi connectivity index (χ1v) is 16.6. The maximum absolute atomic E-state index is 11.2. The Morgan fingerprint density at radius 2 is 0.304 bits per heavy atom. The average Bonchev–Trinajstić information content (AvgIpc) is 2.57. The van der Waals surface area contributed by atoms with Gasteiger partial charge in [0.2, 0.25) is 0 Å². The Labute approximate surface area is 556 Å². The number of hydrogen-bond acceptors (Lipinski definition) is 21. The fourth-order valence-corrected chi connectivity index (χ4v) is 6.88. The molecule has 0 aliphatic rings. The van der Waals surface area contributed by atoms with Crippen LogP contribution in [0.15, 0.2) is 0 Å². The van der Waals surface area contributed by atoms with Gasteiger partial charge in [0.25, 0.3) is 0 Å². The summed E-state index contributed by atoms with van der Waals surface area (Å²) in [6.07, 6.45) is 0. The summed E-state index contributed by atoms with van der Waals surface area (Å²) in [5, 5.41) is 0. The van der Waals surface area contributed by atoms with E-state index in [-0.39, 0.29) is 355 Å². The van der Waals surface area contributed by atoms with E-state index >= 15 is 0 Å². The summed E-state index contributed by atoms with van der Waals surface area (Å²) in [7, 11) is 0. The van der Waals surface area contributed by atoms with Crippen molar-refractivity contribution in [3.05, 3.63) is 0 Å². The van der Waals surface area contributed by atoms with E-state index in [1.807, 2.05) is 0 Å². The van der Waals surface area contributed by atoms with Gasteiger partial charge >= 0.3 is 480 Å². The first-order valence-electron chi connectivity index (χ1n) is 5.53. The summed E-state index contributed by atoms with van der Waals surface area (Å²) in [5.74, 6) is 0. The van der Waals surface area contributed by atoms with Crippen LogP contribution in [0.25, 0.3) is 0 Å². The number of rotatable bonds is 20. The Bertz CT molecular complexity index is 901. The summed E-state index contributed by atoms with van der Waals surface area (Å²) >= 11 is -35.8. The third-order valence-electron chi connectivity index (χ3n) is 1.12. The van der Waals surface area contributed by atoms with Crippen molar-refractivity contribution in [2.45, 2.75) is 0 Å². The zero-order valence-corrected chi connectivity index (χ0v) is 22.9. The molecule has 23 nitrogen and oxygen atoms in total. The van der Waals surface area contributed by atoms with Gasteiger partial charge in [-0.1, -0.05) is 0 Å². The van der Waals surface area contributed by atoms with E-state index in [1.165, 1.54) is 0 Å². The SMILES string of the molecule is O=S(O)OS(=O)OS(=O)OS(=O)OS(=O)OS(=O)OS(=O)OS(=O)OS(=O)OS(=O)OS(=O)O.[NaH].[NaH].[NaH].[NaH].[NaH].[NaH].[NaH].[NaH].[NaH].[NaH].[NaH].[NaH]. The molecule has 230 valence electrons. The molecule has 0 aliphatic carbocycles. The van der Waals surface area contributed by atoms with Gasteiger partial charge in [0, 0.05) is 0 Å². The van der Waals surface area contributed by atoms with Crippen LogP contribution < -0.4 is 0 Å². The van der Waals surface area contributed by atoms with E-state index in [1.54, 1.807) is 0 Å². The minimum atomic E-state index is -3.38. The summed E-state index contributed by atoms with van der Waals surface area (Å²) in [4.78, 5) is 0. The fourth-order valence-electron chi connectivity index (χ4n) is 0.560.